The van der Waals surface area contributed by atoms with E-state index in [0.29, 0.717) is 23.8 Å². The maximum absolute atomic E-state index is 11.4. The molecule has 5 nitrogen and oxygen atoms in total. The van der Waals surface area contributed by atoms with Crippen LogP contribution in [0.25, 0.3) is 0 Å². The topological polar surface area (TPSA) is 50.8 Å². The second-order valence-corrected chi connectivity index (χ2v) is 7.22. The van der Waals surface area contributed by atoms with Crippen molar-refractivity contribution in [3.05, 3.63) is 41.6 Å². The fraction of sp³-hybridized carbons (Fsp3) is 0.526. The monoisotopic (exact) mass is 342 g/mol. The van der Waals surface area contributed by atoms with Gasteiger partial charge in [0.2, 0.25) is 0 Å². The van der Waals surface area contributed by atoms with E-state index in [-0.39, 0.29) is 6.10 Å². The van der Waals surface area contributed by atoms with Gasteiger partial charge >= 0.3 is 0 Å². The first kappa shape index (κ1) is 18.0. The summed E-state index contributed by atoms with van der Waals surface area (Å²) in [5.74, 6) is 2.04. The summed E-state index contributed by atoms with van der Waals surface area (Å²) < 4.78 is 6.01. The fourth-order valence-electron chi connectivity index (χ4n) is 3.25. The van der Waals surface area contributed by atoms with Crippen LogP contribution in [-0.4, -0.2) is 51.4 Å². The van der Waals surface area contributed by atoms with Gasteiger partial charge in [-0.2, -0.15) is 0 Å². The predicted octanol–water partition coefficient (Wildman–Crippen LogP) is 1.92. The molecule has 1 aliphatic heterocycles. The number of hydrogen-bond donors (Lipinski definition) is 1. The van der Waals surface area contributed by atoms with E-state index in [2.05, 4.69) is 37.8 Å². The standard InChI is InChI=1S/C19H27BN2O3/c1-3-6-24-21-13(2)9-22-10-16(11-22)25-19-5-4-14(7-15(19)12-23)17-8-18(17)20/h4-5,7,12,16-18,21H,2-3,6,8-11,20H2,1H3. The van der Waals surface area contributed by atoms with Crippen molar-refractivity contribution in [2.24, 2.45) is 0 Å². The molecule has 1 heterocycles. The minimum atomic E-state index is 0.119. The number of ether oxygens (including phenoxy) is 1. The molecule has 0 bridgehead atoms. The second kappa shape index (κ2) is 8.06. The van der Waals surface area contributed by atoms with Gasteiger partial charge in [-0.15, -0.1) is 0 Å². The molecule has 1 aromatic carbocycles. The highest BCUT2D eigenvalue weighted by atomic mass is 16.6. The van der Waals surface area contributed by atoms with Crippen LogP contribution in [0.2, 0.25) is 5.82 Å². The molecule has 2 atom stereocenters. The quantitative estimate of drug-likeness (QED) is 0.305. The Morgan fingerprint density at radius 3 is 2.88 bits per heavy atom. The van der Waals surface area contributed by atoms with Crippen LogP contribution in [0, 0.1) is 0 Å². The van der Waals surface area contributed by atoms with E-state index in [0.717, 1.165) is 43.9 Å². The van der Waals surface area contributed by atoms with Gasteiger partial charge in [0.25, 0.3) is 0 Å². The molecule has 1 N–H and O–H groups in total. The van der Waals surface area contributed by atoms with Crippen LogP contribution in [0.1, 0.15) is 41.6 Å². The molecule has 0 radical (unpaired) electrons. The summed E-state index contributed by atoms with van der Waals surface area (Å²) in [6.07, 6.45) is 3.21. The number of nitrogens with one attached hydrogen (secondary N) is 1. The average Bonchev–Trinajstić information content (AvgIpc) is 3.30. The highest BCUT2D eigenvalue weighted by Crippen LogP contribution is 2.50. The molecule has 25 heavy (non-hydrogen) atoms. The Morgan fingerprint density at radius 2 is 2.24 bits per heavy atom. The SMILES string of the molecule is BC1CC1c1ccc(OC2CN(CC(=C)NOCCC)C2)c(C=O)c1. The van der Waals surface area contributed by atoms with E-state index in [1.807, 2.05) is 12.1 Å². The minimum absolute atomic E-state index is 0.119. The Kier molecular flexibility index (Phi) is 5.81. The minimum Gasteiger partial charge on any atom is -0.487 e. The molecule has 134 valence electrons. The summed E-state index contributed by atoms with van der Waals surface area (Å²) in [5.41, 5.74) is 5.64. The van der Waals surface area contributed by atoms with Crippen molar-refractivity contribution in [2.75, 3.05) is 26.2 Å². The molecular weight excluding hydrogens is 315 g/mol. The van der Waals surface area contributed by atoms with Gasteiger partial charge in [-0.05, 0) is 30.0 Å². The third-order valence-electron chi connectivity index (χ3n) is 4.85. The Bertz CT molecular complexity index is 631. The van der Waals surface area contributed by atoms with E-state index in [1.54, 1.807) is 0 Å². The third-order valence-corrected chi connectivity index (χ3v) is 4.85. The molecular formula is C19H27BN2O3. The highest BCUT2D eigenvalue weighted by Gasteiger charge is 2.34. The van der Waals surface area contributed by atoms with Crippen LogP contribution >= 0.6 is 0 Å². The summed E-state index contributed by atoms with van der Waals surface area (Å²) >= 11 is 0. The number of hydroxylamine groups is 1. The van der Waals surface area contributed by atoms with Crippen molar-refractivity contribution < 1.29 is 14.4 Å². The lowest BCUT2D eigenvalue weighted by atomic mass is 9.96. The molecule has 1 aliphatic carbocycles. The molecule has 6 heteroatoms. The van der Waals surface area contributed by atoms with Crippen LogP contribution in [0.15, 0.2) is 30.5 Å². The Balaban J connectivity index is 1.45. The van der Waals surface area contributed by atoms with Crippen molar-refractivity contribution >= 4 is 14.1 Å². The molecule has 0 spiro atoms. The van der Waals surface area contributed by atoms with Crippen molar-refractivity contribution in [3.63, 3.8) is 0 Å². The first-order valence-electron chi connectivity index (χ1n) is 9.14. The van der Waals surface area contributed by atoms with Crippen molar-refractivity contribution in [1.82, 2.24) is 10.4 Å². The number of carbonyl (C=O) groups is 1. The molecule has 3 rings (SSSR count). The van der Waals surface area contributed by atoms with Gasteiger partial charge in [0, 0.05) is 25.3 Å². The van der Waals surface area contributed by atoms with Gasteiger partial charge < -0.3 is 4.74 Å². The van der Waals surface area contributed by atoms with Crippen molar-refractivity contribution in [2.45, 2.75) is 37.6 Å². The second-order valence-electron chi connectivity index (χ2n) is 7.22. The van der Waals surface area contributed by atoms with Gasteiger partial charge in [0.15, 0.2) is 6.29 Å². The van der Waals surface area contributed by atoms with Crippen LogP contribution in [0.5, 0.6) is 5.75 Å². The normalized spacial score (nSPS) is 22.9. The lowest BCUT2D eigenvalue weighted by Crippen LogP contribution is -2.54. The van der Waals surface area contributed by atoms with Crippen molar-refractivity contribution in [3.8, 4) is 5.75 Å². The zero-order valence-corrected chi connectivity index (χ0v) is 15.2. The van der Waals surface area contributed by atoms with Crippen LogP contribution in [0.4, 0.5) is 0 Å². The first-order valence-corrected chi connectivity index (χ1v) is 9.14. The smallest absolute Gasteiger partial charge is 0.153 e. The van der Waals surface area contributed by atoms with E-state index in [4.69, 9.17) is 9.57 Å². The first-order chi connectivity index (χ1) is 12.1. The number of carbonyl (C=O) groups excluding carboxylic acids is 1. The maximum Gasteiger partial charge on any atom is 0.153 e. The zero-order valence-electron chi connectivity index (χ0n) is 15.2. The molecule has 2 aliphatic rings. The lowest BCUT2D eigenvalue weighted by molar-refractivity contribution is 0.0128. The maximum atomic E-state index is 11.4. The zero-order chi connectivity index (χ0) is 17.8. The average molecular weight is 342 g/mol. The lowest BCUT2D eigenvalue weighted by Gasteiger charge is -2.39. The summed E-state index contributed by atoms with van der Waals surface area (Å²) in [7, 11) is 2.24. The molecule has 1 aromatic rings. The number of aldehydes is 1. The molecule has 2 fully saturated rings. The van der Waals surface area contributed by atoms with Gasteiger partial charge in [-0.3, -0.25) is 20.0 Å². The van der Waals surface area contributed by atoms with E-state index >= 15 is 0 Å². The van der Waals surface area contributed by atoms with E-state index in [9.17, 15) is 4.79 Å². The van der Waals surface area contributed by atoms with Gasteiger partial charge in [-0.25, -0.2) is 0 Å². The molecule has 1 saturated carbocycles. The summed E-state index contributed by atoms with van der Waals surface area (Å²) in [6, 6.07) is 6.04. The van der Waals surface area contributed by atoms with E-state index in [1.165, 1.54) is 12.0 Å². The summed E-state index contributed by atoms with van der Waals surface area (Å²) in [5, 5.41) is 0. The van der Waals surface area contributed by atoms with Gasteiger partial charge in [0.05, 0.1) is 12.2 Å². The van der Waals surface area contributed by atoms with Crippen LogP contribution in [-0.2, 0) is 4.84 Å². The Morgan fingerprint density at radius 1 is 1.48 bits per heavy atom. The van der Waals surface area contributed by atoms with Gasteiger partial charge in [0.1, 0.15) is 19.7 Å². The number of likely N-dealkylation sites (tertiary alicyclic amines) is 1. The number of hydrogen-bond acceptors (Lipinski definition) is 5. The highest BCUT2D eigenvalue weighted by molar-refractivity contribution is 6.14. The largest absolute Gasteiger partial charge is 0.487 e. The summed E-state index contributed by atoms with van der Waals surface area (Å²) in [4.78, 5) is 18.9. The Labute approximate surface area is 150 Å². The van der Waals surface area contributed by atoms with Crippen molar-refractivity contribution in [1.29, 1.82) is 0 Å². The fourth-order valence-corrected chi connectivity index (χ4v) is 3.25. The molecule has 0 amide bonds. The van der Waals surface area contributed by atoms with Gasteiger partial charge in [-0.1, -0.05) is 31.8 Å². The number of rotatable bonds is 10. The number of nitrogens with zero attached hydrogens (tertiary/aromatic N) is 1. The van der Waals surface area contributed by atoms with Crippen LogP contribution < -0.4 is 10.2 Å². The molecule has 0 aromatic heterocycles. The summed E-state index contributed by atoms with van der Waals surface area (Å²) in [6.45, 7) is 9.09. The van der Waals surface area contributed by atoms with Crippen LogP contribution in [0.3, 0.4) is 0 Å². The Hall–Kier alpha value is -1.79. The third kappa shape index (κ3) is 4.64. The molecule has 1 saturated heterocycles. The predicted molar refractivity (Wildman–Crippen MR) is 101 cm³/mol. The molecule has 2 unspecified atom stereocenters. The number of benzene rings is 1. The van der Waals surface area contributed by atoms with E-state index < -0.39 is 0 Å².